The van der Waals surface area contributed by atoms with Gasteiger partial charge in [-0.3, -0.25) is 0 Å². The molecule has 157 valence electrons. The van der Waals surface area contributed by atoms with Crippen LogP contribution in [0.25, 0.3) is 0 Å². The molecule has 0 aromatic rings. The quantitative estimate of drug-likeness (QED) is 0.324. The Morgan fingerprint density at radius 2 is 0.481 bits per heavy atom. The predicted molar refractivity (Wildman–Crippen MR) is 117 cm³/mol. The molecule has 1 heteroatoms. The first-order chi connectivity index (χ1) is 12.2. The van der Waals surface area contributed by atoms with Gasteiger partial charge in [0.15, 0.2) is 0 Å². The van der Waals surface area contributed by atoms with Gasteiger partial charge >= 0.3 is 0 Å². The van der Waals surface area contributed by atoms with Crippen LogP contribution in [0.3, 0.4) is 0 Å². The van der Waals surface area contributed by atoms with Crippen molar-refractivity contribution in [2.45, 2.75) is 111 Å². The average Bonchev–Trinajstić information content (AvgIpc) is 2.55. The Kier molecular flexibility index (Phi) is 12.3. The molecule has 8 aliphatic carbocycles. The Morgan fingerprint density at radius 3 is 0.556 bits per heavy atom. The second-order valence-electron chi connectivity index (χ2n) is 10.5. The Bertz CT molecular complexity index is 239. The molecule has 27 heavy (non-hydrogen) atoms. The topological polar surface area (TPSA) is 0 Å². The monoisotopic (exact) mass is 450 g/mol. The third-order valence-electron chi connectivity index (χ3n) is 8.00. The molecule has 0 aliphatic heterocycles. The number of rotatable bonds is 0. The molecule has 0 aromatic heterocycles. The first-order valence-corrected chi connectivity index (χ1v) is 12.2. The maximum absolute atomic E-state index is 2.12. The van der Waals surface area contributed by atoms with E-state index in [0.717, 1.165) is 0 Å². The van der Waals surface area contributed by atoms with Crippen LogP contribution < -0.4 is 0 Å². The number of hydrogen-bond donors (Lipinski definition) is 0. The van der Waals surface area contributed by atoms with Crippen LogP contribution >= 0.6 is 0 Å². The van der Waals surface area contributed by atoms with Crippen LogP contribution in [0.2, 0.25) is 0 Å². The van der Waals surface area contributed by atoms with E-state index in [1.807, 2.05) is 13.8 Å². The molecule has 8 bridgehead atoms. The smallest absolute Gasteiger partial charge is 0 e. The van der Waals surface area contributed by atoms with Gasteiger partial charge in [-0.15, -0.1) is 0 Å². The van der Waals surface area contributed by atoms with Gasteiger partial charge in [0, 0.05) is 32.7 Å². The summed E-state index contributed by atoms with van der Waals surface area (Å²) in [6.45, 7) is 8.25. The fourth-order valence-electron chi connectivity index (χ4n) is 7.97. The standard InChI is InChI=1S/2C10H16.C3H8.C2H6.CH3.Y/c2*1-7-2-9-4-8(1)5-10(3-7)6-9;1-3-2;1-2;;/h2*7-10H,1-6H2;3H2,1-2H3;1-2H3;1H3;/q;;;;-1;. The van der Waals surface area contributed by atoms with E-state index < -0.39 is 0 Å². The van der Waals surface area contributed by atoms with Crippen molar-refractivity contribution >= 4 is 0 Å². The minimum Gasteiger partial charge on any atom is -0.358 e. The van der Waals surface area contributed by atoms with E-state index in [1.165, 1.54) is 53.8 Å². The van der Waals surface area contributed by atoms with Crippen molar-refractivity contribution in [3.8, 4) is 0 Å². The molecule has 8 fully saturated rings. The number of hydrogen-bond acceptors (Lipinski definition) is 0. The summed E-state index contributed by atoms with van der Waals surface area (Å²) >= 11 is 0. The SMILES string of the molecule is C1C2CC3CC1CC(C2)C3.C1C2CC3CC1CC(C2)C3.CC.CCC.[CH3-].[Y]. The van der Waals surface area contributed by atoms with E-state index in [0.29, 0.717) is 0 Å². The molecule has 0 saturated heterocycles. The normalized spacial score (nSPS) is 43.6. The molecule has 0 unspecified atom stereocenters. The first kappa shape index (κ1) is 26.1. The molecule has 0 spiro atoms. The molecular weight excluding hydrogens is 401 g/mol. The van der Waals surface area contributed by atoms with Gasteiger partial charge in [-0.25, -0.2) is 0 Å². The molecule has 8 saturated carbocycles. The van der Waals surface area contributed by atoms with Crippen LogP contribution in [0.5, 0.6) is 0 Å². The molecular formula is C26H49Y-. The third kappa shape index (κ3) is 7.08. The third-order valence-corrected chi connectivity index (χ3v) is 8.00. The molecule has 8 rings (SSSR count). The van der Waals surface area contributed by atoms with Crippen molar-refractivity contribution < 1.29 is 32.7 Å². The summed E-state index contributed by atoms with van der Waals surface area (Å²) in [7, 11) is 0. The van der Waals surface area contributed by atoms with Crippen molar-refractivity contribution in [3.63, 3.8) is 0 Å². The van der Waals surface area contributed by atoms with Gasteiger partial charge < -0.3 is 7.43 Å². The Hall–Kier alpha value is 1.10. The van der Waals surface area contributed by atoms with Gasteiger partial charge in [0.05, 0.1) is 0 Å². The van der Waals surface area contributed by atoms with Gasteiger partial charge in [-0.1, -0.05) is 34.1 Å². The Labute approximate surface area is 197 Å². The van der Waals surface area contributed by atoms with Gasteiger partial charge in [-0.2, -0.15) is 0 Å². The summed E-state index contributed by atoms with van der Waals surface area (Å²) in [5.74, 6) is 9.42. The zero-order valence-electron chi connectivity index (χ0n) is 19.4. The fourth-order valence-corrected chi connectivity index (χ4v) is 7.97. The van der Waals surface area contributed by atoms with Crippen LogP contribution in [0.15, 0.2) is 0 Å². The van der Waals surface area contributed by atoms with Crippen LogP contribution in [-0.4, -0.2) is 0 Å². The van der Waals surface area contributed by atoms with E-state index in [4.69, 9.17) is 0 Å². The fraction of sp³-hybridized carbons (Fsp3) is 0.962. The zero-order valence-corrected chi connectivity index (χ0v) is 22.2. The average molecular weight is 451 g/mol. The van der Waals surface area contributed by atoms with Gasteiger partial charge in [0.1, 0.15) is 0 Å². The van der Waals surface area contributed by atoms with Crippen molar-refractivity contribution in [1.29, 1.82) is 0 Å². The molecule has 0 aromatic carbocycles. The predicted octanol–water partition coefficient (Wildman–Crippen LogP) is 8.56. The largest absolute Gasteiger partial charge is 0.358 e. The van der Waals surface area contributed by atoms with E-state index in [-0.39, 0.29) is 40.1 Å². The molecule has 0 atom stereocenters. The minimum atomic E-state index is 0. The van der Waals surface area contributed by atoms with Crippen molar-refractivity contribution in [1.82, 2.24) is 0 Å². The molecule has 8 aliphatic rings. The maximum atomic E-state index is 2.12. The zero-order chi connectivity index (χ0) is 17.8. The molecule has 0 heterocycles. The van der Waals surface area contributed by atoms with Crippen molar-refractivity contribution in [3.05, 3.63) is 7.43 Å². The van der Waals surface area contributed by atoms with E-state index in [1.54, 1.807) is 77.0 Å². The molecule has 0 nitrogen and oxygen atoms in total. The summed E-state index contributed by atoms with van der Waals surface area (Å²) in [5.41, 5.74) is 0. The summed E-state index contributed by atoms with van der Waals surface area (Å²) < 4.78 is 0. The molecule has 1 radical (unpaired) electrons. The van der Waals surface area contributed by atoms with Gasteiger partial charge in [0.2, 0.25) is 0 Å². The molecule has 0 amide bonds. The van der Waals surface area contributed by atoms with Crippen LogP contribution in [0.4, 0.5) is 0 Å². The van der Waals surface area contributed by atoms with Crippen LogP contribution in [0, 0.1) is 54.8 Å². The Morgan fingerprint density at radius 1 is 0.407 bits per heavy atom. The van der Waals surface area contributed by atoms with Gasteiger partial charge in [-0.05, 0) is 124 Å². The minimum absolute atomic E-state index is 0. The second-order valence-corrected chi connectivity index (χ2v) is 10.5. The Balaban J connectivity index is 0.000000207. The first-order valence-electron chi connectivity index (χ1n) is 12.2. The van der Waals surface area contributed by atoms with Crippen molar-refractivity contribution in [2.75, 3.05) is 0 Å². The summed E-state index contributed by atoms with van der Waals surface area (Å²) in [6.07, 6.45) is 20.5. The van der Waals surface area contributed by atoms with E-state index in [2.05, 4.69) is 13.8 Å². The van der Waals surface area contributed by atoms with Gasteiger partial charge in [0.25, 0.3) is 0 Å². The molecule has 0 N–H and O–H groups in total. The second kappa shape index (κ2) is 12.7. The summed E-state index contributed by atoms with van der Waals surface area (Å²) in [6, 6.07) is 0. The maximum Gasteiger partial charge on any atom is 0 e. The van der Waals surface area contributed by atoms with Crippen molar-refractivity contribution in [2.24, 2.45) is 47.3 Å². The van der Waals surface area contributed by atoms with E-state index >= 15 is 0 Å². The van der Waals surface area contributed by atoms with Crippen LogP contribution in [-0.2, 0) is 32.7 Å². The summed E-state index contributed by atoms with van der Waals surface area (Å²) in [4.78, 5) is 0. The van der Waals surface area contributed by atoms with E-state index in [9.17, 15) is 0 Å². The summed E-state index contributed by atoms with van der Waals surface area (Å²) in [5, 5.41) is 0. The van der Waals surface area contributed by atoms with Crippen LogP contribution in [0.1, 0.15) is 111 Å².